The smallest absolute Gasteiger partial charge is 0.231 e. The van der Waals surface area contributed by atoms with Crippen molar-refractivity contribution in [3.63, 3.8) is 0 Å². The Morgan fingerprint density at radius 1 is 1.00 bits per heavy atom. The van der Waals surface area contributed by atoms with Crippen molar-refractivity contribution in [2.75, 3.05) is 33.5 Å². The fraction of sp³-hybridized carbons (Fsp3) is 0.417. The molecule has 1 fully saturated rings. The molecule has 32 heavy (non-hydrogen) atoms. The first kappa shape index (κ1) is 19.7. The van der Waals surface area contributed by atoms with Crippen LogP contribution < -0.4 is 9.47 Å². The Morgan fingerprint density at radius 2 is 1.78 bits per heavy atom. The molecule has 0 unspecified atom stereocenters. The van der Waals surface area contributed by atoms with Gasteiger partial charge in [-0.25, -0.2) is 4.39 Å². The Balaban J connectivity index is 1.25. The van der Waals surface area contributed by atoms with Crippen LogP contribution in [0.2, 0.25) is 0 Å². The summed E-state index contributed by atoms with van der Waals surface area (Å²) >= 11 is 0. The van der Waals surface area contributed by atoms with Crippen LogP contribution in [0.25, 0.3) is 11.4 Å². The zero-order valence-electron chi connectivity index (χ0n) is 18.1. The van der Waals surface area contributed by atoms with E-state index in [1.54, 1.807) is 12.1 Å². The molecule has 0 N–H and O–H groups in total. The lowest BCUT2D eigenvalue weighted by Crippen LogP contribution is -2.55. The van der Waals surface area contributed by atoms with Gasteiger partial charge in [0.25, 0.3) is 0 Å². The van der Waals surface area contributed by atoms with E-state index in [0.29, 0.717) is 6.79 Å². The normalized spacial score (nSPS) is 19.9. The van der Waals surface area contributed by atoms with Gasteiger partial charge in [0.1, 0.15) is 11.6 Å². The lowest BCUT2D eigenvalue weighted by atomic mass is 9.84. The van der Waals surface area contributed by atoms with E-state index in [1.165, 1.54) is 17.7 Å². The molecule has 1 saturated heterocycles. The van der Waals surface area contributed by atoms with Crippen molar-refractivity contribution < 1.29 is 13.9 Å². The maximum absolute atomic E-state index is 13.5. The van der Waals surface area contributed by atoms with Crippen molar-refractivity contribution in [2.45, 2.75) is 31.5 Å². The molecule has 3 aliphatic heterocycles. The molecule has 3 aliphatic rings. The Hall–Kier alpha value is -2.97. The van der Waals surface area contributed by atoms with Crippen molar-refractivity contribution in [2.24, 2.45) is 0 Å². The predicted molar refractivity (Wildman–Crippen MR) is 117 cm³/mol. The van der Waals surface area contributed by atoms with Gasteiger partial charge < -0.3 is 14.0 Å². The molecule has 0 amide bonds. The highest BCUT2D eigenvalue weighted by Crippen LogP contribution is 2.39. The molecule has 8 heteroatoms. The van der Waals surface area contributed by atoms with Crippen molar-refractivity contribution >= 4 is 0 Å². The minimum Gasteiger partial charge on any atom is -0.454 e. The van der Waals surface area contributed by atoms with E-state index < -0.39 is 0 Å². The fourth-order valence-electron chi connectivity index (χ4n) is 5.38. The van der Waals surface area contributed by atoms with Crippen LogP contribution in [0, 0.1) is 5.82 Å². The number of halogens is 1. The molecule has 7 nitrogen and oxygen atoms in total. The molecule has 1 spiro atoms. The van der Waals surface area contributed by atoms with Crippen molar-refractivity contribution in [1.82, 2.24) is 24.6 Å². The number of piperidine rings is 1. The van der Waals surface area contributed by atoms with Gasteiger partial charge in [0.2, 0.25) is 6.79 Å². The SMILES string of the molecule is CN1Cc2nnc(-c3ccc(F)cc3)n2C2(CCN(Cc3ccc4c(c3)OCO4)CC2)C1. The Labute approximate surface area is 186 Å². The van der Waals surface area contributed by atoms with Gasteiger partial charge in [0, 0.05) is 31.7 Å². The van der Waals surface area contributed by atoms with Gasteiger partial charge in [-0.05, 0) is 61.9 Å². The van der Waals surface area contributed by atoms with Gasteiger partial charge in [0.15, 0.2) is 17.3 Å². The number of benzene rings is 2. The van der Waals surface area contributed by atoms with Gasteiger partial charge in [-0.1, -0.05) is 6.07 Å². The number of hydrogen-bond acceptors (Lipinski definition) is 6. The third kappa shape index (κ3) is 3.34. The van der Waals surface area contributed by atoms with E-state index in [1.807, 2.05) is 6.07 Å². The maximum atomic E-state index is 13.5. The van der Waals surface area contributed by atoms with E-state index in [2.05, 4.69) is 43.7 Å². The van der Waals surface area contributed by atoms with Crippen LogP contribution in [-0.2, 0) is 18.6 Å². The first-order valence-corrected chi connectivity index (χ1v) is 11.1. The highest BCUT2D eigenvalue weighted by atomic mass is 19.1. The fourth-order valence-corrected chi connectivity index (χ4v) is 5.38. The number of rotatable bonds is 3. The van der Waals surface area contributed by atoms with E-state index >= 15 is 0 Å². The van der Waals surface area contributed by atoms with Crippen LogP contribution in [0.1, 0.15) is 24.2 Å². The van der Waals surface area contributed by atoms with Crippen LogP contribution >= 0.6 is 0 Å². The lowest BCUT2D eigenvalue weighted by molar-refractivity contribution is 0.0490. The van der Waals surface area contributed by atoms with Gasteiger partial charge >= 0.3 is 0 Å². The number of nitrogens with zero attached hydrogens (tertiary/aromatic N) is 5. The minimum absolute atomic E-state index is 0.0546. The molecular weight excluding hydrogens is 409 g/mol. The third-order valence-corrected chi connectivity index (χ3v) is 6.91. The molecule has 0 saturated carbocycles. The summed E-state index contributed by atoms with van der Waals surface area (Å²) in [6, 6.07) is 12.8. The topological polar surface area (TPSA) is 55.7 Å². The van der Waals surface area contributed by atoms with Crippen molar-refractivity contribution in [3.8, 4) is 22.9 Å². The zero-order chi connectivity index (χ0) is 21.7. The van der Waals surface area contributed by atoms with Crippen LogP contribution in [0.3, 0.4) is 0 Å². The molecule has 0 atom stereocenters. The van der Waals surface area contributed by atoms with E-state index in [9.17, 15) is 4.39 Å². The molecule has 1 aromatic heterocycles. The Morgan fingerprint density at radius 3 is 2.59 bits per heavy atom. The summed E-state index contributed by atoms with van der Waals surface area (Å²) in [4.78, 5) is 4.84. The molecule has 0 aliphatic carbocycles. The van der Waals surface area contributed by atoms with E-state index in [0.717, 1.165) is 74.3 Å². The summed E-state index contributed by atoms with van der Waals surface area (Å²) in [6.07, 6.45) is 2.03. The summed E-state index contributed by atoms with van der Waals surface area (Å²) < 4.78 is 26.8. The van der Waals surface area contributed by atoms with Gasteiger partial charge in [0.05, 0.1) is 12.1 Å². The summed E-state index contributed by atoms with van der Waals surface area (Å²) in [5.74, 6) is 3.26. The summed E-state index contributed by atoms with van der Waals surface area (Å²) in [5, 5.41) is 9.04. The Kier molecular flexibility index (Phi) is 4.66. The number of fused-ring (bicyclic) bond motifs is 3. The molecule has 2 aromatic carbocycles. The average molecular weight is 436 g/mol. The van der Waals surface area contributed by atoms with Crippen LogP contribution in [0.5, 0.6) is 11.5 Å². The zero-order valence-corrected chi connectivity index (χ0v) is 18.1. The molecule has 0 radical (unpaired) electrons. The quantitative estimate of drug-likeness (QED) is 0.630. The Bertz CT molecular complexity index is 1140. The summed E-state index contributed by atoms with van der Waals surface area (Å²) in [6.45, 7) is 4.91. The molecule has 0 bridgehead atoms. The van der Waals surface area contributed by atoms with E-state index in [4.69, 9.17) is 9.47 Å². The second-order valence-electron chi connectivity index (χ2n) is 9.14. The molecular formula is C24H26FN5O2. The lowest BCUT2D eigenvalue weighted by Gasteiger charge is -2.48. The highest BCUT2D eigenvalue weighted by molar-refractivity contribution is 5.56. The number of hydrogen-bond donors (Lipinski definition) is 0. The van der Waals surface area contributed by atoms with Crippen LogP contribution in [0.15, 0.2) is 42.5 Å². The molecule has 166 valence electrons. The highest BCUT2D eigenvalue weighted by Gasteiger charge is 2.43. The van der Waals surface area contributed by atoms with Gasteiger partial charge in [-0.15, -0.1) is 10.2 Å². The van der Waals surface area contributed by atoms with Gasteiger partial charge in [-0.2, -0.15) is 0 Å². The largest absolute Gasteiger partial charge is 0.454 e. The number of aromatic nitrogens is 3. The van der Waals surface area contributed by atoms with Crippen LogP contribution in [-0.4, -0.2) is 58.0 Å². The maximum Gasteiger partial charge on any atom is 0.231 e. The number of likely N-dealkylation sites (N-methyl/N-ethyl adjacent to an activating group) is 1. The second kappa shape index (κ2) is 7.56. The first-order chi connectivity index (χ1) is 15.6. The van der Waals surface area contributed by atoms with Gasteiger partial charge in [-0.3, -0.25) is 9.80 Å². The molecule has 4 heterocycles. The third-order valence-electron chi connectivity index (χ3n) is 6.91. The first-order valence-electron chi connectivity index (χ1n) is 11.1. The molecule has 3 aromatic rings. The van der Waals surface area contributed by atoms with Crippen molar-refractivity contribution in [3.05, 3.63) is 59.7 Å². The van der Waals surface area contributed by atoms with Crippen molar-refractivity contribution in [1.29, 1.82) is 0 Å². The van der Waals surface area contributed by atoms with E-state index in [-0.39, 0.29) is 11.4 Å². The summed E-state index contributed by atoms with van der Waals surface area (Å²) in [7, 11) is 2.15. The standard InChI is InChI=1S/C24H26FN5O2/c1-28-14-22-26-27-23(18-3-5-19(25)6-4-18)30(22)24(15-28)8-10-29(11-9-24)13-17-2-7-20-21(12-17)32-16-31-20/h2-7,12H,8-11,13-16H2,1H3. The second-order valence-corrected chi connectivity index (χ2v) is 9.14. The monoisotopic (exact) mass is 435 g/mol. The average Bonchev–Trinajstić information content (AvgIpc) is 3.43. The predicted octanol–water partition coefficient (Wildman–Crippen LogP) is 3.25. The van der Waals surface area contributed by atoms with Crippen LogP contribution in [0.4, 0.5) is 4.39 Å². The molecule has 6 rings (SSSR count). The summed E-state index contributed by atoms with van der Waals surface area (Å²) in [5.41, 5.74) is 2.10. The minimum atomic E-state index is -0.238. The number of likely N-dealkylation sites (tertiary alicyclic amines) is 1. The number of ether oxygens (including phenoxy) is 2.